The molecule has 116 valence electrons. The van der Waals surface area contributed by atoms with Crippen molar-refractivity contribution in [2.24, 2.45) is 0 Å². The van der Waals surface area contributed by atoms with E-state index in [4.69, 9.17) is 0 Å². The van der Waals surface area contributed by atoms with Crippen LogP contribution in [0.5, 0.6) is 0 Å². The first kappa shape index (κ1) is 14.8. The minimum absolute atomic E-state index is 0.102. The highest BCUT2D eigenvalue weighted by Gasteiger charge is 2.21. The van der Waals surface area contributed by atoms with E-state index in [2.05, 4.69) is 9.71 Å². The van der Waals surface area contributed by atoms with E-state index in [9.17, 15) is 12.8 Å². The summed E-state index contributed by atoms with van der Waals surface area (Å²) in [5.41, 5.74) is 2.02. The van der Waals surface area contributed by atoms with Crippen LogP contribution in [0.15, 0.2) is 41.4 Å². The molecule has 0 saturated carbocycles. The van der Waals surface area contributed by atoms with Gasteiger partial charge in [-0.15, -0.1) is 0 Å². The maximum absolute atomic E-state index is 13.6. The lowest BCUT2D eigenvalue weighted by Gasteiger charge is -2.27. The summed E-state index contributed by atoms with van der Waals surface area (Å²) in [4.78, 5) is 5.84. The Kier molecular flexibility index (Phi) is 3.74. The van der Waals surface area contributed by atoms with E-state index in [-0.39, 0.29) is 10.7 Å². The average Bonchev–Trinajstić information content (AvgIpc) is 2.49. The van der Waals surface area contributed by atoms with E-state index >= 15 is 0 Å². The van der Waals surface area contributed by atoms with Gasteiger partial charge in [0.05, 0.1) is 4.90 Å². The molecule has 0 saturated heterocycles. The van der Waals surface area contributed by atoms with Gasteiger partial charge in [0.15, 0.2) is 11.6 Å². The van der Waals surface area contributed by atoms with Gasteiger partial charge in [-0.3, -0.25) is 4.72 Å². The molecule has 0 bridgehead atoms. The van der Waals surface area contributed by atoms with Crippen molar-refractivity contribution in [3.63, 3.8) is 0 Å². The number of pyridine rings is 1. The zero-order valence-corrected chi connectivity index (χ0v) is 12.9. The van der Waals surface area contributed by atoms with Crippen molar-refractivity contribution in [2.45, 2.75) is 17.7 Å². The fraction of sp³-hybridized carbons (Fsp3) is 0.267. The van der Waals surface area contributed by atoms with Gasteiger partial charge >= 0.3 is 0 Å². The highest BCUT2D eigenvalue weighted by Crippen LogP contribution is 2.29. The minimum atomic E-state index is -3.87. The fourth-order valence-electron chi connectivity index (χ4n) is 2.55. The number of benzene rings is 1. The van der Waals surface area contributed by atoms with Crippen LogP contribution < -0.4 is 9.62 Å². The summed E-state index contributed by atoms with van der Waals surface area (Å²) in [7, 11) is -1.94. The van der Waals surface area contributed by atoms with Gasteiger partial charge in [0.1, 0.15) is 0 Å². The Bertz CT molecular complexity index is 808. The number of hydrogen-bond donors (Lipinski definition) is 1. The second-order valence-electron chi connectivity index (χ2n) is 5.25. The smallest absolute Gasteiger partial charge is 0.263 e. The first-order valence-electron chi connectivity index (χ1n) is 6.95. The van der Waals surface area contributed by atoms with Gasteiger partial charge in [-0.05, 0) is 42.7 Å². The van der Waals surface area contributed by atoms with Gasteiger partial charge < -0.3 is 4.90 Å². The van der Waals surface area contributed by atoms with Crippen molar-refractivity contribution >= 4 is 21.5 Å². The van der Waals surface area contributed by atoms with Crippen LogP contribution >= 0.6 is 0 Å². The molecule has 1 aliphatic heterocycles. The molecule has 0 atom stereocenters. The van der Waals surface area contributed by atoms with E-state index in [1.807, 2.05) is 18.0 Å². The van der Waals surface area contributed by atoms with Crippen LogP contribution in [-0.2, 0) is 16.4 Å². The maximum Gasteiger partial charge on any atom is 0.263 e. The van der Waals surface area contributed by atoms with Gasteiger partial charge in [0.2, 0.25) is 0 Å². The molecule has 0 radical (unpaired) electrons. The van der Waals surface area contributed by atoms with Crippen molar-refractivity contribution in [1.29, 1.82) is 0 Å². The molecule has 2 heterocycles. The zero-order chi connectivity index (χ0) is 15.7. The SMILES string of the molecule is CN1CCCc2ccc(S(=O)(=O)Nc3ncccc3F)cc21. The van der Waals surface area contributed by atoms with Gasteiger partial charge in [-0.2, -0.15) is 0 Å². The second-order valence-corrected chi connectivity index (χ2v) is 6.94. The Morgan fingerprint density at radius 2 is 2.14 bits per heavy atom. The molecule has 0 fully saturated rings. The molecule has 0 aliphatic carbocycles. The molecular formula is C15H16FN3O2S. The normalized spacial score (nSPS) is 14.5. The molecule has 22 heavy (non-hydrogen) atoms. The lowest BCUT2D eigenvalue weighted by molar-refractivity contribution is 0.597. The third kappa shape index (κ3) is 2.76. The lowest BCUT2D eigenvalue weighted by atomic mass is 10.0. The molecule has 7 heteroatoms. The molecule has 0 spiro atoms. The van der Waals surface area contributed by atoms with Crippen LogP contribution in [0.1, 0.15) is 12.0 Å². The van der Waals surface area contributed by atoms with Crippen LogP contribution in [0.4, 0.5) is 15.9 Å². The standard InChI is InChI=1S/C15H16FN3O2S/c1-19-9-3-4-11-6-7-12(10-14(11)19)22(20,21)18-15-13(16)5-2-8-17-15/h2,5-8,10H,3-4,9H2,1H3,(H,17,18). The summed E-state index contributed by atoms with van der Waals surface area (Å²) in [5, 5.41) is 0. The summed E-state index contributed by atoms with van der Waals surface area (Å²) >= 11 is 0. The summed E-state index contributed by atoms with van der Waals surface area (Å²) in [6.45, 7) is 0.888. The first-order chi connectivity index (χ1) is 10.5. The Labute approximate surface area is 128 Å². The number of aryl methyl sites for hydroxylation is 1. The molecule has 5 nitrogen and oxygen atoms in total. The van der Waals surface area contributed by atoms with Crippen LogP contribution in [0, 0.1) is 5.82 Å². The molecule has 1 aromatic carbocycles. The molecule has 2 aromatic rings. The van der Waals surface area contributed by atoms with E-state index < -0.39 is 15.8 Å². The van der Waals surface area contributed by atoms with Crippen molar-refractivity contribution in [1.82, 2.24) is 4.98 Å². The van der Waals surface area contributed by atoms with Crippen LogP contribution in [0.2, 0.25) is 0 Å². The minimum Gasteiger partial charge on any atom is -0.374 e. The number of hydrogen-bond acceptors (Lipinski definition) is 4. The molecule has 1 aliphatic rings. The van der Waals surface area contributed by atoms with Crippen LogP contribution in [0.3, 0.4) is 0 Å². The Morgan fingerprint density at radius 1 is 1.32 bits per heavy atom. The summed E-state index contributed by atoms with van der Waals surface area (Å²) in [6.07, 6.45) is 3.32. The molecule has 0 amide bonds. The summed E-state index contributed by atoms with van der Waals surface area (Å²) in [5.74, 6) is -1.00. The lowest BCUT2D eigenvalue weighted by Crippen LogP contribution is -2.25. The van der Waals surface area contributed by atoms with Crippen molar-refractivity contribution < 1.29 is 12.8 Å². The van der Waals surface area contributed by atoms with Crippen molar-refractivity contribution in [3.8, 4) is 0 Å². The zero-order valence-electron chi connectivity index (χ0n) is 12.1. The van der Waals surface area contributed by atoms with Gasteiger partial charge in [0.25, 0.3) is 10.0 Å². The topological polar surface area (TPSA) is 62.3 Å². The van der Waals surface area contributed by atoms with Gasteiger partial charge in [-0.25, -0.2) is 17.8 Å². The van der Waals surface area contributed by atoms with Gasteiger partial charge in [0, 0.05) is 25.5 Å². The van der Waals surface area contributed by atoms with E-state index in [1.54, 1.807) is 12.1 Å². The molecular weight excluding hydrogens is 305 g/mol. The maximum atomic E-state index is 13.6. The van der Waals surface area contributed by atoms with E-state index in [1.165, 1.54) is 12.3 Å². The molecule has 1 aromatic heterocycles. The third-order valence-electron chi connectivity index (χ3n) is 3.71. The Morgan fingerprint density at radius 3 is 2.91 bits per heavy atom. The largest absolute Gasteiger partial charge is 0.374 e. The number of rotatable bonds is 3. The third-order valence-corrected chi connectivity index (χ3v) is 5.04. The number of aromatic nitrogens is 1. The van der Waals surface area contributed by atoms with Gasteiger partial charge in [-0.1, -0.05) is 6.07 Å². The Balaban J connectivity index is 1.96. The number of fused-ring (bicyclic) bond motifs is 1. The van der Waals surface area contributed by atoms with Crippen LogP contribution in [-0.4, -0.2) is 27.0 Å². The monoisotopic (exact) mass is 321 g/mol. The fourth-order valence-corrected chi connectivity index (χ4v) is 3.59. The van der Waals surface area contributed by atoms with E-state index in [0.29, 0.717) is 0 Å². The summed E-state index contributed by atoms with van der Waals surface area (Å²) in [6, 6.07) is 7.54. The molecule has 0 unspecified atom stereocenters. The predicted molar refractivity (Wildman–Crippen MR) is 83.0 cm³/mol. The quantitative estimate of drug-likeness (QED) is 0.943. The highest BCUT2D eigenvalue weighted by atomic mass is 32.2. The number of nitrogens with one attached hydrogen (secondary N) is 1. The molecule has 3 rings (SSSR count). The number of nitrogens with zero attached hydrogens (tertiary/aromatic N) is 2. The Hall–Kier alpha value is -2.15. The first-order valence-corrected chi connectivity index (χ1v) is 8.43. The summed E-state index contributed by atoms with van der Waals surface area (Å²) < 4.78 is 40.6. The van der Waals surface area contributed by atoms with Crippen molar-refractivity contribution in [3.05, 3.63) is 47.9 Å². The van der Waals surface area contributed by atoms with E-state index in [0.717, 1.165) is 36.7 Å². The number of halogens is 1. The molecule has 1 N–H and O–H groups in total. The highest BCUT2D eigenvalue weighted by molar-refractivity contribution is 7.92. The predicted octanol–water partition coefficient (Wildman–Crippen LogP) is 2.40. The van der Waals surface area contributed by atoms with Crippen LogP contribution in [0.25, 0.3) is 0 Å². The average molecular weight is 321 g/mol. The number of sulfonamides is 1. The second kappa shape index (κ2) is 5.57. The van der Waals surface area contributed by atoms with Crippen molar-refractivity contribution in [2.75, 3.05) is 23.2 Å². The number of anilines is 2.